The van der Waals surface area contributed by atoms with Crippen molar-refractivity contribution in [1.29, 1.82) is 0 Å². The molecule has 35 heavy (non-hydrogen) atoms. The Labute approximate surface area is 212 Å². The molecule has 4 aliphatic carbocycles. The number of fused-ring (bicyclic) bond motifs is 5. The van der Waals surface area contributed by atoms with Crippen molar-refractivity contribution in [3.63, 3.8) is 0 Å². The zero-order valence-corrected chi connectivity index (χ0v) is 23.0. The highest BCUT2D eigenvalue weighted by Crippen LogP contribution is 2.66. The Morgan fingerprint density at radius 1 is 1.23 bits per heavy atom. The normalized spacial score (nSPS) is 38.9. The van der Waals surface area contributed by atoms with E-state index in [1.54, 1.807) is 4.90 Å². The van der Waals surface area contributed by atoms with E-state index in [0.29, 0.717) is 31.0 Å². The van der Waals surface area contributed by atoms with Crippen molar-refractivity contribution in [1.82, 2.24) is 10.2 Å². The van der Waals surface area contributed by atoms with E-state index in [-0.39, 0.29) is 23.0 Å². The van der Waals surface area contributed by atoms with Crippen molar-refractivity contribution in [3.05, 3.63) is 11.6 Å². The van der Waals surface area contributed by atoms with Gasteiger partial charge in [-0.3, -0.25) is 4.84 Å². The van der Waals surface area contributed by atoms with E-state index in [1.807, 2.05) is 6.92 Å². The number of aliphatic hydroxyl groups is 1. The molecule has 0 saturated heterocycles. The van der Waals surface area contributed by atoms with Gasteiger partial charge in [0.15, 0.2) is 0 Å². The molecule has 4 aliphatic rings. The lowest BCUT2D eigenvalue weighted by Crippen LogP contribution is -2.50. The maximum Gasteiger partial charge on any atom is 0.436 e. The molecular formula is C29H49N3O3. The fraction of sp³-hybridized carbons (Fsp3) is 0.862. The summed E-state index contributed by atoms with van der Waals surface area (Å²) >= 11 is 0. The molecule has 4 rings (SSSR count). The van der Waals surface area contributed by atoms with Crippen LogP contribution < -0.4 is 5.32 Å². The first-order valence-corrected chi connectivity index (χ1v) is 14.2. The van der Waals surface area contributed by atoms with E-state index >= 15 is 0 Å². The van der Waals surface area contributed by atoms with Crippen LogP contribution >= 0.6 is 0 Å². The number of oxime groups is 1. The van der Waals surface area contributed by atoms with E-state index in [2.05, 4.69) is 51.2 Å². The molecule has 7 atom stereocenters. The van der Waals surface area contributed by atoms with Crippen LogP contribution in [0.4, 0.5) is 4.79 Å². The van der Waals surface area contributed by atoms with Gasteiger partial charge in [-0.1, -0.05) is 44.5 Å². The van der Waals surface area contributed by atoms with Gasteiger partial charge in [-0.15, -0.1) is 0 Å². The first-order chi connectivity index (χ1) is 16.6. The van der Waals surface area contributed by atoms with Gasteiger partial charge in [-0.25, -0.2) is 4.79 Å². The fourth-order valence-electron chi connectivity index (χ4n) is 8.43. The molecule has 0 aromatic heterocycles. The van der Waals surface area contributed by atoms with Crippen molar-refractivity contribution in [2.45, 2.75) is 105 Å². The summed E-state index contributed by atoms with van der Waals surface area (Å²) in [5.74, 6) is 2.54. The Hall–Kier alpha value is -1.40. The van der Waals surface area contributed by atoms with Crippen molar-refractivity contribution >= 4 is 11.8 Å². The number of nitrogens with one attached hydrogen (secondary N) is 1. The number of hydrogen-bond acceptors (Lipinski definition) is 5. The maximum atomic E-state index is 12.7. The summed E-state index contributed by atoms with van der Waals surface area (Å²) in [6.45, 7) is 15.2. The zero-order valence-electron chi connectivity index (χ0n) is 23.0. The summed E-state index contributed by atoms with van der Waals surface area (Å²) in [4.78, 5) is 19.8. The lowest BCUT2D eigenvalue weighted by atomic mass is 9.47. The standard InChI is InChI=1S/C29H49N3O3/c1-7-32(17-16-30-19(2)3)27(34)35-31-20(4)24-10-11-25-23-9-8-21-18-22(33)12-14-28(21,5)26(23)13-15-29(24,25)6/h8,19,22-26,30,33H,7,9-18H2,1-6H3/b31-20+/t22-,23-,24+,25-,26-,28-,29+/m0/s1. The molecule has 0 aromatic carbocycles. The molecule has 2 N–H and O–H groups in total. The number of carbonyl (C=O) groups is 1. The number of carbonyl (C=O) groups excluding carboxylic acids is 1. The molecule has 0 aromatic rings. The first-order valence-electron chi connectivity index (χ1n) is 14.2. The Kier molecular flexibility index (Phi) is 8.02. The molecule has 0 aliphatic heterocycles. The minimum atomic E-state index is -0.349. The third-order valence-corrected chi connectivity index (χ3v) is 10.4. The van der Waals surface area contributed by atoms with Crippen LogP contribution in [0.1, 0.15) is 92.9 Å². The Balaban J connectivity index is 1.42. The smallest absolute Gasteiger partial charge is 0.393 e. The average molecular weight is 488 g/mol. The molecular weight excluding hydrogens is 438 g/mol. The van der Waals surface area contributed by atoms with Crippen LogP contribution in [-0.4, -0.2) is 53.6 Å². The average Bonchev–Trinajstić information content (AvgIpc) is 3.17. The van der Waals surface area contributed by atoms with E-state index in [1.165, 1.54) is 24.8 Å². The first kappa shape index (κ1) is 26.7. The van der Waals surface area contributed by atoms with Gasteiger partial charge < -0.3 is 15.3 Å². The van der Waals surface area contributed by atoms with Gasteiger partial charge in [0.2, 0.25) is 0 Å². The lowest BCUT2D eigenvalue weighted by Gasteiger charge is -2.58. The molecule has 198 valence electrons. The number of likely N-dealkylation sites (N-methyl/N-ethyl adjacent to an activating group) is 1. The summed E-state index contributed by atoms with van der Waals surface area (Å²) < 4.78 is 0. The fourth-order valence-corrected chi connectivity index (χ4v) is 8.43. The Morgan fingerprint density at radius 3 is 2.71 bits per heavy atom. The van der Waals surface area contributed by atoms with Crippen LogP contribution in [0.5, 0.6) is 0 Å². The zero-order chi connectivity index (χ0) is 25.4. The minimum Gasteiger partial charge on any atom is -0.393 e. The number of hydrogen-bond donors (Lipinski definition) is 2. The summed E-state index contributed by atoms with van der Waals surface area (Å²) in [5.41, 5.74) is 3.01. The third-order valence-electron chi connectivity index (χ3n) is 10.4. The monoisotopic (exact) mass is 487 g/mol. The SMILES string of the molecule is CCN(CCNC(C)C)C(=O)O/N=C(\C)[C@H]1CC[C@H]2[C@@H]3CC=C4C[C@@H](O)CC[C@]4(C)[C@H]3CC[C@]12C. The largest absolute Gasteiger partial charge is 0.436 e. The molecule has 0 unspecified atom stereocenters. The maximum absolute atomic E-state index is 12.7. The molecule has 0 bridgehead atoms. The number of rotatable bonds is 7. The quantitative estimate of drug-likeness (QED) is 0.207. The predicted molar refractivity (Wildman–Crippen MR) is 141 cm³/mol. The van der Waals surface area contributed by atoms with Crippen LogP contribution in [0.2, 0.25) is 0 Å². The number of amides is 1. The Morgan fingerprint density at radius 2 is 2.00 bits per heavy atom. The van der Waals surface area contributed by atoms with Crippen molar-refractivity contribution < 1.29 is 14.7 Å². The second-order valence-corrected chi connectivity index (χ2v) is 12.6. The van der Waals surface area contributed by atoms with Gasteiger partial charge in [0.05, 0.1) is 11.8 Å². The van der Waals surface area contributed by atoms with Crippen LogP contribution in [0.25, 0.3) is 0 Å². The number of nitrogens with zero attached hydrogens (tertiary/aromatic N) is 2. The second-order valence-electron chi connectivity index (χ2n) is 12.6. The molecule has 6 nitrogen and oxygen atoms in total. The minimum absolute atomic E-state index is 0.146. The second kappa shape index (κ2) is 10.5. The molecule has 0 heterocycles. The highest BCUT2D eigenvalue weighted by Gasteiger charge is 2.59. The number of aliphatic hydroxyl groups excluding tert-OH is 1. The van der Waals surface area contributed by atoms with Crippen molar-refractivity contribution in [3.8, 4) is 0 Å². The van der Waals surface area contributed by atoms with Gasteiger partial charge >= 0.3 is 6.09 Å². The van der Waals surface area contributed by atoms with Gasteiger partial charge in [0.1, 0.15) is 0 Å². The van der Waals surface area contributed by atoms with Crippen molar-refractivity contribution in [2.75, 3.05) is 19.6 Å². The van der Waals surface area contributed by atoms with E-state index in [0.717, 1.165) is 56.2 Å². The van der Waals surface area contributed by atoms with Crippen LogP contribution in [0.3, 0.4) is 0 Å². The number of allylic oxidation sites excluding steroid dienone is 1. The Bertz CT molecular complexity index is 839. The molecule has 3 saturated carbocycles. The molecule has 0 spiro atoms. The topological polar surface area (TPSA) is 74.2 Å². The van der Waals surface area contributed by atoms with Crippen LogP contribution in [0, 0.1) is 34.5 Å². The van der Waals surface area contributed by atoms with Crippen LogP contribution in [-0.2, 0) is 4.84 Å². The summed E-state index contributed by atoms with van der Waals surface area (Å²) in [5, 5.41) is 18.0. The summed E-state index contributed by atoms with van der Waals surface area (Å²) in [7, 11) is 0. The van der Waals surface area contributed by atoms with E-state index in [9.17, 15) is 9.90 Å². The molecule has 1 amide bonds. The van der Waals surface area contributed by atoms with Gasteiger partial charge in [0.25, 0.3) is 0 Å². The molecule has 0 radical (unpaired) electrons. The highest BCUT2D eigenvalue weighted by atomic mass is 16.7. The van der Waals surface area contributed by atoms with Gasteiger partial charge in [-0.05, 0) is 93.8 Å². The van der Waals surface area contributed by atoms with E-state index in [4.69, 9.17) is 4.84 Å². The summed E-state index contributed by atoms with van der Waals surface area (Å²) in [6, 6.07) is 0.398. The van der Waals surface area contributed by atoms with Crippen molar-refractivity contribution in [2.24, 2.45) is 39.7 Å². The highest BCUT2D eigenvalue weighted by molar-refractivity contribution is 5.85. The lowest BCUT2D eigenvalue weighted by molar-refractivity contribution is -0.0426. The van der Waals surface area contributed by atoms with Crippen LogP contribution in [0.15, 0.2) is 16.8 Å². The van der Waals surface area contributed by atoms with Gasteiger partial charge in [-0.2, -0.15) is 0 Å². The van der Waals surface area contributed by atoms with Gasteiger partial charge in [0, 0.05) is 31.6 Å². The molecule has 6 heteroatoms. The predicted octanol–water partition coefficient (Wildman–Crippen LogP) is 5.76. The third kappa shape index (κ3) is 5.07. The van der Waals surface area contributed by atoms with E-state index < -0.39 is 0 Å². The summed E-state index contributed by atoms with van der Waals surface area (Å²) in [6.07, 6.45) is 11.0. The molecule has 3 fully saturated rings.